The number of hydrogen-bond acceptors (Lipinski definition) is 4. The molecule has 90 valence electrons. The largest absolute Gasteiger partial charge is 0.387 e. The zero-order chi connectivity index (χ0) is 12.3. The van der Waals surface area contributed by atoms with Crippen LogP contribution in [0, 0.1) is 11.3 Å². The molecule has 0 aliphatic carbocycles. The molecule has 0 spiro atoms. The van der Waals surface area contributed by atoms with Crippen LogP contribution >= 0.6 is 0 Å². The number of aryl methyl sites for hydroxylation is 1. The Bertz CT molecular complexity index is 478. The van der Waals surface area contributed by atoms with Crippen molar-refractivity contribution in [3.8, 4) is 0 Å². The molecule has 1 heterocycles. The first kappa shape index (κ1) is 12.7. The van der Waals surface area contributed by atoms with Gasteiger partial charge < -0.3 is 10.3 Å². The second-order valence-electron chi connectivity index (χ2n) is 3.59. The molecule has 4 N–H and O–H groups in total. The molecule has 0 saturated carbocycles. The third kappa shape index (κ3) is 3.04. The maximum absolute atomic E-state index is 11.7. The van der Waals surface area contributed by atoms with Gasteiger partial charge in [-0.2, -0.15) is 0 Å². The zero-order valence-corrected chi connectivity index (χ0v) is 9.95. The predicted molar refractivity (Wildman–Crippen MR) is 59.5 cm³/mol. The Hall–Kier alpha value is -1.41. The minimum Gasteiger partial charge on any atom is -0.387 e. The number of hydrogen-bond donors (Lipinski definition) is 3. The van der Waals surface area contributed by atoms with E-state index in [0.29, 0.717) is 0 Å². The molecule has 0 bridgehead atoms. The van der Waals surface area contributed by atoms with Crippen molar-refractivity contribution in [2.75, 3.05) is 6.54 Å². The lowest BCUT2D eigenvalue weighted by Crippen LogP contribution is -2.34. The van der Waals surface area contributed by atoms with Crippen LogP contribution in [-0.2, 0) is 17.1 Å². The van der Waals surface area contributed by atoms with Crippen molar-refractivity contribution in [1.29, 1.82) is 5.41 Å². The van der Waals surface area contributed by atoms with Crippen LogP contribution in [0.5, 0.6) is 0 Å². The smallest absolute Gasteiger partial charge is 0.259 e. The van der Waals surface area contributed by atoms with Gasteiger partial charge in [0, 0.05) is 25.7 Å². The topological polar surface area (TPSA) is 114 Å². The van der Waals surface area contributed by atoms with Gasteiger partial charge in [0.25, 0.3) is 10.0 Å². The highest BCUT2D eigenvalue weighted by Gasteiger charge is 2.18. The van der Waals surface area contributed by atoms with Gasteiger partial charge in [0.1, 0.15) is 0 Å². The molecule has 0 aliphatic heterocycles. The molecule has 0 amide bonds. The number of nitrogens with one attached hydrogen (secondary N) is 2. The Morgan fingerprint density at radius 2 is 2.38 bits per heavy atom. The van der Waals surface area contributed by atoms with Gasteiger partial charge >= 0.3 is 0 Å². The second-order valence-corrected chi connectivity index (χ2v) is 5.30. The summed E-state index contributed by atoms with van der Waals surface area (Å²) in [6.45, 7) is 1.76. The maximum atomic E-state index is 11.7. The summed E-state index contributed by atoms with van der Waals surface area (Å²) >= 11 is 0. The van der Waals surface area contributed by atoms with Crippen molar-refractivity contribution in [1.82, 2.24) is 14.3 Å². The first-order valence-electron chi connectivity index (χ1n) is 4.64. The van der Waals surface area contributed by atoms with Gasteiger partial charge in [-0.3, -0.25) is 5.41 Å². The zero-order valence-electron chi connectivity index (χ0n) is 9.14. The Morgan fingerprint density at radius 1 is 1.75 bits per heavy atom. The molecule has 1 atom stereocenters. The number of nitrogens with two attached hydrogens (primary N) is 1. The van der Waals surface area contributed by atoms with E-state index in [2.05, 4.69) is 9.71 Å². The summed E-state index contributed by atoms with van der Waals surface area (Å²) in [5, 5.41) is 7.10. The summed E-state index contributed by atoms with van der Waals surface area (Å²) in [6, 6.07) is 0. The average Bonchev–Trinajstić information content (AvgIpc) is 2.61. The maximum Gasteiger partial charge on any atom is 0.259 e. The van der Waals surface area contributed by atoms with Crippen molar-refractivity contribution >= 4 is 15.9 Å². The van der Waals surface area contributed by atoms with Crippen molar-refractivity contribution in [2.24, 2.45) is 18.7 Å². The van der Waals surface area contributed by atoms with Crippen molar-refractivity contribution < 1.29 is 8.42 Å². The molecule has 1 aromatic heterocycles. The molecule has 0 fully saturated rings. The summed E-state index contributed by atoms with van der Waals surface area (Å²) in [5.74, 6) is -0.387. The highest BCUT2D eigenvalue weighted by atomic mass is 32.2. The van der Waals surface area contributed by atoms with Crippen molar-refractivity contribution in [3.63, 3.8) is 0 Å². The highest BCUT2D eigenvalue weighted by molar-refractivity contribution is 7.89. The van der Waals surface area contributed by atoms with Crippen LogP contribution < -0.4 is 10.5 Å². The van der Waals surface area contributed by atoms with Gasteiger partial charge in [-0.05, 0) is 0 Å². The molecule has 0 saturated heterocycles. The molecule has 7 nitrogen and oxygen atoms in total. The Morgan fingerprint density at radius 3 is 2.81 bits per heavy atom. The van der Waals surface area contributed by atoms with E-state index in [9.17, 15) is 8.42 Å². The fourth-order valence-electron chi connectivity index (χ4n) is 0.946. The molecular formula is C8H15N5O2S. The summed E-state index contributed by atoms with van der Waals surface area (Å²) in [5.41, 5.74) is 5.24. The van der Waals surface area contributed by atoms with Crippen LogP contribution in [0.15, 0.2) is 17.6 Å². The first-order chi connectivity index (χ1) is 7.33. The molecule has 1 unspecified atom stereocenters. The lowest BCUT2D eigenvalue weighted by molar-refractivity contribution is 0.571. The fourth-order valence-corrected chi connectivity index (χ4v) is 2.05. The molecule has 1 aromatic rings. The number of sulfonamides is 1. The summed E-state index contributed by atoms with van der Waals surface area (Å²) in [7, 11) is -1.92. The van der Waals surface area contributed by atoms with Gasteiger partial charge in [-0.25, -0.2) is 18.1 Å². The Balaban J connectivity index is 2.70. The average molecular weight is 245 g/mol. The third-order valence-electron chi connectivity index (χ3n) is 2.07. The van der Waals surface area contributed by atoms with E-state index in [-0.39, 0.29) is 23.3 Å². The number of amidine groups is 1. The van der Waals surface area contributed by atoms with Gasteiger partial charge in [0.2, 0.25) is 0 Å². The first-order valence-corrected chi connectivity index (χ1v) is 6.13. The fraction of sp³-hybridized carbons (Fsp3) is 0.500. The molecule has 0 aromatic carbocycles. The molecule has 16 heavy (non-hydrogen) atoms. The monoisotopic (exact) mass is 245 g/mol. The SMILES string of the molecule is CC(CNS(=O)(=O)c1cn(C)cn1)C(=N)N. The van der Waals surface area contributed by atoms with Crippen molar-refractivity contribution in [3.05, 3.63) is 12.5 Å². The van der Waals surface area contributed by atoms with E-state index in [1.54, 1.807) is 18.5 Å². The van der Waals surface area contributed by atoms with Crippen LogP contribution in [-0.4, -0.2) is 30.3 Å². The highest BCUT2D eigenvalue weighted by Crippen LogP contribution is 2.04. The van der Waals surface area contributed by atoms with E-state index < -0.39 is 10.0 Å². The summed E-state index contributed by atoms with van der Waals surface area (Å²) in [6.07, 6.45) is 2.81. The third-order valence-corrected chi connectivity index (χ3v) is 3.38. The summed E-state index contributed by atoms with van der Waals surface area (Å²) in [4.78, 5) is 3.74. The Labute approximate surface area is 94.2 Å². The Kier molecular flexibility index (Phi) is 3.66. The summed E-state index contributed by atoms with van der Waals surface area (Å²) < 4.78 is 27.2. The molecule has 1 rings (SSSR count). The molecule has 0 radical (unpaired) electrons. The van der Waals surface area contributed by atoms with E-state index in [1.165, 1.54) is 12.5 Å². The van der Waals surface area contributed by atoms with E-state index >= 15 is 0 Å². The van der Waals surface area contributed by atoms with Gasteiger partial charge in [0.05, 0.1) is 12.2 Å². The van der Waals surface area contributed by atoms with Crippen molar-refractivity contribution in [2.45, 2.75) is 11.9 Å². The normalized spacial score (nSPS) is 13.6. The number of rotatable bonds is 5. The number of nitrogens with zero attached hydrogens (tertiary/aromatic N) is 2. The van der Waals surface area contributed by atoms with Crippen LogP contribution in [0.25, 0.3) is 0 Å². The number of aromatic nitrogens is 2. The van der Waals surface area contributed by atoms with Gasteiger partial charge in [-0.1, -0.05) is 6.92 Å². The molecule has 0 aliphatic rings. The van der Waals surface area contributed by atoms with Crippen LogP contribution in [0.2, 0.25) is 0 Å². The standard InChI is InChI=1S/C8H15N5O2S/c1-6(8(9)10)3-12-16(14,15)7-4-13(2)5-11-7/h4-6,12H,3H2,1-2H3,(H3,9,10). The number of imidazole rings is 1. The molecular weight excluding hydrogens is 230 g/mol. The van der Waals surface area contributed by atoms with Crippen LogP contribution in [0.3, 0.4) is 0 Å². The van der Waals surface area contributed by atoms with Gasteiger partial charge in [-0.15, -0.1) is 0 Å². The van der Waals surface area contributed by atoms with Crippen LogP contribution in [0.4, 0.5) is 0 Å². The minimum atomic E-state index is -3.60. The quantitative estimate of drug-likeness (QED) is 0.468. The van der Waals surface area contributed by atoms with E-state index in [0.717, 1.165) is 0 Å². The second kappa shape index (κ2) is 4.62. The van der Waals surface area contributed by atoms with E-state index in [1.807, 2.05) is 0 Å². The minimum absolute atomic E-state index is 0.0363. The lowest BCUT2D eigenvalue weighted by Gasteiger charge is -2.09. The predicted octanol–water partition coefficient (Wildman–Crippen LogP) is -0.730. The molecule has 8 heteroatoms. The van der Waals surface area contributed by atoms with Crippen LogP contribution in [0.1, 0.15) is 6.92 Å². The van der Waals surface area contributed by atoms with Gasteiger partial charge in [0.15, 0.2) is 5.03 Å². The lowest BCUT2D eigenvalue weighted by atomic mass is 10.2. The van der Waals surface area contributed by atoms with E-state index in [4.69, 9.17) is 11.1 Å².